The maximum absolute atomic E-state index is 7.33. The molecule has 0 radical (unpaired) electrons. The number of rotatable bonds is 20. The third kappa shape index (κ3) is 11.5. The molecule has 0 aromatic heterocycles. The Kier molecular flexibility index (Phi) is 16.0. The average Bonchev–Trinajstić information content (AvgIpc) is 3.29. The highest BCUT2D eigenvalue weighted by Crippen LogP contribution is 2.57. The van der Waals surface area contributed by atoms with E-state index in [-0.39, 0.29) is 23.7 Å². The molecule has 4 aromatic carbocycles. The van der Waals surface area contributed by atoms with E-state index >= 15 is 0 Å². The van der Waals surface area contributed by atoms with Gasteiger partial charge in [0.05, 0.1) is 0 Å². The Morgan fingerprint density at radius 1 is 0.250 bits per heavy atom. The van der Waals surface area contributed by atoms with Gasteiger partial charge in [-0.05, 0) is 49.9 Å². The summed E-state index contributed by atoms with van der Waals surface area (Å²) in [6, 6.07) is 19.2. The van der Waals surface area contributed by atoms with Crippen molar-refractivity contribution < 1.29 is 35.4 Å². The van der Waals surface area contributed by atoms with Gasteiger partial charge in [0.1, 0.15) is 46.0 Å². The van der Waals surface area contributed by atoms with Crippen molar-refractivity contribution in [1.82, 2.24) is 0 Å². The molecule has 0 fully saturated rings. The van der Waals surface area contributed by atoms with Gasteiger partial charge in [0.2, 0.25) is 0 Å². The van der Waals surface area contributed by atoms with Crippen molar-refractivity contribution in [3.05, 3.63) is 93.0 Å². The van der Waals surface area contributed by atoms with Crippen LogP contribution in [0.4, 0.5) is 0 Å². The lowest BCUT2D eigenvalue weighted by Gasteiger charge is -2.40. The Labute approximate surface area is 438 Å². The predicted molar refractivity (Wildman–Crippen MR) is 303 cm³/mol. The summed E-state index contributed by atoms with van der Waals surface area (Å²) in [7, 11) is -11.6. The normalized spacial score (nSPS) is 21.8. The molecule has 8 nitrogen and oxygen atoms in total. The molecule has 0 N–H and O–H groups in total. The van der Waals surface area contributed by atoms with E-state index in [4.69, 9.17) is 35.4 Å². The first-order valence-corrected chi connectivity index (χ1v) is 39.9. The highest BCUT2D eigenvalue weighted by Gasteiger charge is 2.45. The average molecular weight is 1050 g/mol. The fraction of sp³-hybridized carbons (Fsp3) is 0.600. The molecular formula is C60H88O8Si4. The second-order valence-electron chi connectivity index (χ2n) is 23.7. The maximum atomic E-state index is 7.33. The lowest BCUT2D eigenvalue weighted by atomic mass is 9.76. The van der Waals surface area contributed by atoms with Crippen LogP contribution >= 0.6 is 0 Å². The van der Waals surface area contributed by atoms with Crippen LogP contribution in [-0.4, -0.2) is 34.2 Å². The van der Waals surface area contributed by atoms with Crippen molar-refractivity contribution in [1.29, 1.82) is 0 Å². The summed E-state index contributed by atoms with van der Waals surface area (Å²) in [6.07, 6.45) is 22.6. The van der Waals surface area contributed by atoms with Crippen LogP contribution in [0.2, 0.25) is 52.4 Å². The van der Waals surface area contributed by atoms with Gasteiger partial charge in [-0.3, -0.25) is 0 Å². The molecule has 9 rings (SSSR count). The van der Waals surface area contributed by atoms with E-state index in [0.29, 0.717) is 0 Å². The van der Waals surface area contributed by atoms with E-state index in [9.17, 15) is 0 Å². The van der Waals surface area contributed by atoms with Gasteiger partial charge >= 0.3 is 34.2 Å². The van der Waals surface area contributed by atoms with E-state index in [1.165, 1.54) is 122 Å². The molecule has 72 heavy (non-hydrogen) atoms. The Balaban J connectivity index is 1.43. The smallest absolute Gasteiger partial charge is 0.454 e. The first kappa shape index (κ1) is 53.0. The van der Waals surface area contributed by atoms with Crippen molar-refractivity contribution in [3.63, 3.8) is 0 Å². The van der Waals surface area contributed by atoms with Gasteiger partial charge in [-0.25, -0.2) is 0 Å². The van der Waals surface area contributed by atoms with Crippen LogP contribution < -0.4 is 35.4 Å². The van der Waals surface area contributed by atoms with Gasteiger partial charge < -0.3 is 35.4 Å². The topological polar surface area (TPSA) is 73.8 Å². The molecule has 4 aliphatic heterocycles. The molecule has 0 saturated heterocycles. The second-order valence-corrected chi connectivity index (χ2v) is 36.6. The lowest BCUT2D eigenvalue weighted by Crippen LogP contribution is -2.45. The van der Waals surface area contributed by atoms with Crippen LogP contribution in [0.3, 0.4) is 0 Å². The quantitative estimate of drug-likeness (QED) is 0.0640. The predicted octanol–water partition coefficient (Wildman–Crippen LogP) is 18.3. The molecule has 0 amide bonds. The molecule has 12 heteroatoms. The molecule has 8 bridgehead atoms. The molecule has 0 spiro atoms. The Morgan fingerprint density at radius 2 is 0.417 bits per heavy atom. The van der Waals surface area contributed by atoms with Crippen LogP contribution in [0.15, 0.2) is 48.5 Å². The van der Waals surface area contributed by atoms with Crippen molar-refractivity contribution >= 4 is 34.2 Å². The maximum Gasteiger partial charge on any atom is 0.454 e. The van der Waals surface area contributed by atoms with Crippen LogP contribution in [-0.2, 0) is 0 Å². The van der Waals surface area contributed by atoms with E-state index in [2.05, 4.69) is 129 Å². The summed E-state index contributed by atoms with van der Waals surface area (Å²) < 4.78 is 58.6. The van der Waals surface area contributed by atoms with E-state index in [1.807, 2.05) is 0 Å². The van der Waals surface area contributed by atoms with Crippen LogP contribution in [0.1, 0.15) is 224 Å². The number of unbranched alkanes of at least 4 members (excludes halogenated alkanes) is 12. The molecule has 392 valence electrons. The van der Waals surface area contributed by atoms with Gasteiger partial charge in [0.25, 0.3) is 0 Å². The zero-order valence-electron chi connectivity index (χ0n) is 46.3. The number of benzene rings is 4. The second kappa shape index (κ2) is 21.8. The Morgan fingerprint density at radius 3 is 0.569 bits per heavy atom. The Hall–Kier alpha value is -3.85. The van der Waals surface area contributed by atoms with Crippen LogP contribution in [0, 0.1) is 0 Å². The molecule has 1 aliphatic carbocycles. The van der Waals surface area contributed by atoms with E-state index in [0.717, 1.165) is 97.4 Å². The van der Waals surface area contributed by atoms with Gasteiger partial charge in [0.15, 0.2) is 0 Å². The summed E-state index contributed by atoms with van der Waals surface area (Å²) >= 11 is 0. The highest BCUT2D eigenvalue weighted by molar-refractivity contribution is 6.67. The van der Waals surface area contributed by atoms with Gasteiger partial charge in [-0.15, -0.1) is 0 Å². The Bertz CT molecular complexity index is 2100. The molecular weight excluding hydrogens is 961 g/mol. The molecule has 0 unspecified atom stereocenters. The molecule has 0 saturated carbocycles. The first-order valence-electron chi connectivity index (χ1n) is 28.7. The molecule has 0 atom stereocenters. The van der Waals surface area contributed by atoms with Crippen molar-refractivity contribution in [2.45, 2.75) is 232 Å². The fourth-order valence-corrected chi connectivity index (χ4v) is 18.3. The van der Waals surface area contributed by atoms with Gasteiger partial charge in [-0.2, -0.15) is 0 Å². The third-order valence-corrected chi connectivity index (χ3v) is 21.5. The monoisotopic (exact) mass is 1050 g/mol. The minimum Gasteiger partial charge on any atom is -0.512 e. The molecule has 4 aromatic rings. The summed E-state index contributed by atoms with van der Waals surface area (Å²) in [5.74, 6) is 7.20. The number of hydrogen-bond acceptors (Lipinski definition) is 8. The van der Waals surface area contributed by atoms with Crippen molar-refractivity contribution in [3.8, 4) is 46.0 Å². The van der Waals surface area contributed by atoms with E-state index in [1.54, 1.807) is 0 Å². The first-order chi connectivity index (χ1) is 34.4. The highest BCUT2D eigenvalue weighted by atomic mass is 28.4. The SMILES string of the molecule is CCCCCCC1c2cc3c4cc2O[Si](C)(C)Oc2cc5c(cc21)C(CCCCCC)c1cc2c(cc1O[Si](C)(C)O5)O[Si](C)(C)Oc1cc(c(cc1C2CCCCCC)C3CCCCCC)O[Si](C)(C)O4. The summed E-state index contributed by atoms with van der Waals surface area (Å²) in [5, 5.41) is 0. The van der Waals surface area contributed by atoms with Crippen LogP contribution in [0.25, 0.3) is 0 Å². The van der Waals surface area contributed by atoms with E-state index < -0.39 is 34.2 Å². The number of hydrogen-bond donors (Lipinski definition) is 0. The largest absolute Gasteiger partial charge is 0.512 e. The summed E-state index contributed by atoms with van der Waals surface area (Å²) in [5.41, 5.74) is 9.98. The fourth-order valence-electron chi connectivity index (χ4n) is 12.5. The minimum absolute atomic E-state index is 0.0164. The van der Waals surface area contributed by atoms with Crippen molar-refractivity contribution in [2.75, 3.05) is 0 Å². The molecule has 5 aliphatic rings. The standard InChI is InChI=1S/C60H88O8Si4/c1-13-17-21-25-29-41-45-33-47-42(30-26-22-18-14-2)49-35-51-44(32-28-24-20-16-4)52-36-50-43(31-27-23-19-15-3)48-34-46(41)54-38-56(48)64-71(9,10)66-58(50)40-60(52)68-72(11,12)67-59(51)39-57(49)65-70(7,8)63-55(47)37-53(45)61-69(5,6)62-54/h33-44H,13-32H2,1-12H3. The lowest BCUT2D eigenvalue weighted by molar-refractivity contribution is 0.359. The molecule has 4 heterocycles. The third-order valence-electron chi connectivity index (χ3n) is 15.8. The van der Waals surface area contributed by atoms with Crippen LogP contribution in [0.5, 0.6) is 46.0 Å². The zero-order chi connectivity index (χ0) is 51.0. The summed E-state index contributed by atoms with van der Waals surface area (Å²) in [6.45, 7) is 26.7. The minimum atomic E-state index is -2.89. The van der Waals surface area contributed by atoms with Gasteiger partial charge in [0, 0.05) is 145 Å². The zero-order valence-corrected chi connectivity index (χ0v) is 50.3. The van der Waals surface area contributed by atoms with Crippen molar-refractivity contribution in [2.24, 2.45) is 0 Å². The van der Waals surface area contributed by atoms with Gasteiger partial charge in [-0.1, -0.05) is 130 Å². The summed E-state index contributed by atoms with van der Waals surface area (Å²) in [4.78, 5) is 0.